The first-order valence-electron chi connectivity index (χ1n) is 5.58. The number of nitrogens with zero attached hydrogens (tertiary/aromatic N) is 1. The number of carbonyl (C=O) groups is 1. The zero-order valence-electron chi connectivity index (χ0n) is 8.87. The minimum atomic E-state index is -0.000262. The van der Waals surface area contributed by atoms with Gasteiger partial charge in [0.15, 0.2) is 0 Å². The van der Waals surface area contributed by atoms with Crippen LogP contribution in [0.4, 0.5) is 5.69 Å². The SMILES string of the molecule is O=C1NCC[C@@H]1N1CCc2ccc(Cl)cc21. The Morgan fingerprint density at radius 2 is 2.31 bits per heavy atom. The van der Waals surface area contributed by atoms with Crippen molar-refractivity contribution in [3.8, 4) is 0 Å². The first kappa shape index (κ1) is 9.97. The van der Waals surface area contributed by atoms with Crippen molar-refractivity contribution < 1.29 is 4.79 Å². The summed E-state index contributed by atoms with van der Waals surface area (Å²) in [6.45, 7) is 1.71. The van der Waals surface area contributed by atoms with Crippen molar-refractivity contribution in [2.75, 3.05) is 18.0 Å². The number of halogens is 1. The van der Waals surface area contributed by atoms with E-state index < -0.39 is 0 Å². The molecule has 2 aliphatic rings. The molecule has 1 fully saturated rings. The molecular formula is C12H13ClN2O. The average molecular weight is 237 g/mol. The Balaban J connectivity index is 1.96. The van der Waals surface area contributed by atoms with Crippen LogP contribution in [0.15, 0.2) is 18.2 Å². The van der Waals surface area contributed by atoms with Crippen LogP contribution in [0.5, 0.6) is 0 Å². The summed E-state index contributed by atoms with van der Waals surface area (Å²) in [4.78, 5) is 13.9. The van der Waals surface area contributed by atoms with Gasteiger partial charge in [-0.15, -0.1) is 0 Å². The zero-order chi connectivity index (χ0) is 11.1. The summed E-state index contributed by atoms with van der Waals surface area (Å²) in [7, 11) is 0. The molecule has 1 aromatic carbocycles. The van der Waals surface area contributed by atoms with Crippen LogP contribution in [0, 0.1) is 0 Å². The van der Waals surface area contributed by atoms with Gasteiger partial charge in [-0.25, -0.2) is 0 Å². The molecule has 1 aromatic rings. The van der Waals surface area contributed by atoms with E-state index in [0.29, 0.717) is 0 Å². The summed E-state index contributed by atoms with van der Waals surface area (Å²) >= 11 is 6.00. The fourth-order valence-electron chi connectivity index (χ4n) is 2.58. The number of hydrogen-bond acceptors (Lipinski definition) is 2. The van der Waals surface area contributed by atoms with Crippen LogP contribution >= 0.6 is 11.6 Å². The molecule has 2 aliphatic heterocycles. The highest BCUT2D eigenvalue weighted by Gasteiger charge is 2.33. The van der Waals surface area contributed by atoms with Crippen LogP contribution in [0.25, 0.3) is 0 Å². The second-order valence-corrected chi connectivity index (χ2v) is 4.75. The molecule has 0 aromatic heterocycles. The van der Waals surface area contributed by atoms with Crippen LogP contribution in [0.1, 0.15) is 12.0 Å². The van der Waals surface area contributed by atoms with E-state index in [0.717, 1.165) is 36.6 Å². The second kappa shape index (κ2) is 3.67. The summed E-state index contributed by atoms with van der Waals surface area (Å²) in [6.07, 6.45) is 1.90. The molecule has 1 atom stereocenters. The molecule has 0 bridgehead atoms. The molecule has 3 rings (SSSR count). The lowest BCUT2D eigenvalue weighted by Crippen LogP contribution is -2.39. The number of rotatable bonds is 1. The Kier molecular flexibility index (Phi) is 2.28. The minimum Gasteiger partial charge on any atom is -0.359 e. The lowest BCUT2D eigenvalue weighted by molar-refractivity contribution is -0.120. The molecule has 2 heterocycles. The lowest BCUT2D eigenvalue weighted by Gasteiger charge is -2.24. The van der Waals surface area contributed by atoms with E-state index in [1.54, 1.807) is 0 Å². The van der Waals surface area contributed by atoms with E-state index in [-0.39, 0.29) is 11.9 Å². The van der Waals surface area contributed by atoms with Gasteiger partial charge in [0.25, 0.3) is 0 Å². The molecular weight excluding hydrogens is 224 g/mol. The van der Waals surface area contributed by atoms with Crippen molar-refractivity contribution in [2.24, 2.45) is 0 Å². The summed E-state index contributed by atoms with van der Waals surface area (Å²) in [5.74, 6) is 0.146. The highest BCUT2D eigenvalue weighted by atomic mass is 35.5. The quantitative estimate of drug-likeness (QED) is 0.803. The highest BCUT2D eigenvalue weighted by Crippen LogP contribution is 2.33. The van der Waals surface area contributed by atoms with Crippen molar-refractivity contribution in [3.63, 3.8) is 0 Å². The number of carbonyl (C=O) groups excluding carboxylic acids is 1. The van der Waals surface area contributed by atoms with E-state index in [9.17, 15) is 4.79 Å². The van der Waals surface area contributed by atoms with Gasteiger partial charge in [0, 0.05) is 23.8 Å². The summed E-state index contributed by atoms with van der Waals surface area (Å²) in [5.41, 5.74) is 2.43. The first-order chi connectivity index (χ1) is 7.75. The summed E-state index contributed by atoms with van der Waals surface area (Å²) in [6, 6.07) is 5.94. The Morgan fingerprint density at radius 3 is 3.06 bits per heavy atom. The molecule has 0 saturated carbocycles. The Labute approximate surface area is 99.4 Å². The number of fused-ring (bicyclic) bond motifs is 1. The van der Waals surface area contributed by atoms with Crippen LogP contribution in [0.2, 0.25) is 5.02 Å². The molecule has 16 heavy (non-hydrogen) atoms. The second-order valence-electron chi connectivity index (χ2n) is 4.31. The smallest absolute Gasteiger partial charge is 0.242 e. The molecule has 1 saturated heterocycles. The van der Waals surface area contributed by atoms with Crippen LogP contribution in [-0.4, -0.2) is 25.0 Å². The van der Waals surface area contributed by atoms with Crippen LogP contribution < -0.4 is 10.2 Å². The van der Waals surface area contributed by atoms with Gasteiger partial charge >= 0.3 is 0 Å². The molecule has 0 aliphatic carbocycles. The summed E-state index contributed by atoms with van der Waals surface area (Å²) in [5, 5.41) is 3.62. The van der Waals surface area contributed by atoms with Gasteiger partial charge < -0.3 is 10.2 Å². The fraction of sp³-hybridized carbons (Fsp3) is 0.417. The van der Waals surface area contributed by atoms with Crippen molar-refractivity contribution >= 4 is 23.2 Å². The topological polar surface area (TPSA) is 32.3 Å². The molecule has 84 valence electrons. The lowest BCUT2D eigenvalue weighted by atomic mass is 10.1. The van der Waals surface area contributed by atoms with Gasteiger partial charge in [-0.05, 0) is 30.5 Å². The van der Waals surface area contributed by atoms with Gasteiger partial charge in [0.05, 0.1) is 0 Å². The minimum absolute atomic E-state index is 0.000262. The molecule has 1 N–H and O–H groups in total. The van der Waals surface area contributed by atoms with Crippen molar-refractivity contribution in [1.82, 2.24) is 5.32 Å². The maximum absolute atomic E-state index is 11.7. The molecule has 0 unspecified atom stereocenters. The van der Waals surface area contributed by atoms with E-state index in [4.69, 9.17) is 11.6 Å². The first-order valence-corrected chi connectivity index (χ1v) is 5.96. The maximum atomic E-state index is 11.7. The number of anilines is 1. The maximum Gasteiger partial charge on any atom is 0.242 e. The molecule has 0 radical (unpaired) electrons. The molecule has 1 amide bonds. The van der Waals surface area contributed by atoms with E-state index >= 15 is 0 Å². The van der Waals surface area contributed by atoms with Crippen LogP contribution in [-0.2, 0) is 11.2 Å². The molecule has 4 heteroatoms. The van der Waals surface area contributed by atoms with E-state index in [1.165, 1.54) is 5.56 Å². The van der Waals surface area contributed by atoms with Gasteiger partial charge in [-0.3, -0.25) is 4.79 Å². The number of benzene rings is 1. The number of hydrogen-bond donors (Lipinski definition) is 1. The van der Waals surface area contributed by atoms with Gasteiger partial charge in [-0.2, -0.15) is 0 Å². The zero-order valence-corrected chi connectivity index (χ0v) is 9.63. The third-order valence-electron chi connectivity index (χ3n) is 3.37. The van der Waals surface area contributed by atoms with Crippen molar-refractivity contribution in [1.29, 1.82) is 0 Å². The highest BCUT2D eigenvalue weighted by molar-refractivity contribution is 6.30. The van der Waals surface area contributed by atoms with Gasteiger partial charge in [0.1, 0.15) is 6.04 Å². The number of amides is 1. The Bertz CT molecular complexity index is 447. The monoisotopic (exact) mass is 236 g/mol. The normalized spacial score (nSPS) is 23.4. The van der Waals surface area contributed by atoms with Crippen molar-refractivity contribution in [2.45, 2.75) is 18.9 Å². The predicted octanol–water partition coefficient (Wildman–Crippen LogP) is 1.59. The third-order valence-corrected chi connectivity index (χ3v) is 3.61. The largest absolute Gasteiger partial charge is 0.359 e. The Hall–Kier alpha value is -1.22. The molecule has 3 nitrogen and oxygen atoms in total. The van der Waals surface area contributed by atoms with Gasteiger partial charge in [-0.1, -0.05) is 17.7 Å². The predicted molar refractivity (Wildman–Crippen MR) is 63.9 cm³/mol. The van der Waals surface area contributed by atoms with E-state index in [1.807, 2.05) is 12.1 Å². The third kappa shape index (κ3) is 1.47. The summed E-state index contributed by atoms with van der Waals surface area (Å²) < 4.78 is 0. The standard InChI is InChI=1S/C12H13ClN2O/c13-9-2-1-8-4-6-15(11(8)7-9)10-3-5-14-12(10)16/h1-2,7,10H,3-6H2,(H,14,16)/t10-/m0/s1. The van der Waals surface area contributed by atoms with Crippen LogP contribution in [0.3, 0.4) is 0 Å². The van der Waals surface area contributed by atoms with Gasteiger partial charge in [0.2, 0.25) is 5.91 Å². The Morgan fingerprint density at radius 1 is 1.44 bits per heavy atom. The molecule has 0 spiro atoms. The average Bonchev–Trinajstić information content (AvgIpc) is 2.83. The fourth-order valence-corrected chi connectivity index (χ4v) is 2.75. The van der Waals surface area contributed by atoms with Crippen molar-refractivity contribution in [3.05, 3.63) is 28.8 Å². The number of nitrogens with one attached hydrogen (secondary N) is 1. The van der Waals surface area contributed by atoms with E-state index in [2.05, 4.69) is 16.3 Å².